The van der Waals surface area contributed by atoms with E-state index in [2.05, 4.69) is 10.4 Å². The Kier molecular flexibility index (Phi) is 4.68. The lowest BCUT2D eigenvalue weighted by atomic mass is 9.86. The minimum Gasteiger partial charge on any atom is -0.394 e. The third-order valence-corrected chi connectivity index (χ3v) is 4.11. The molecule has 1 heterocycles. The fraction of sp³-hybridized carbons (Fsp3) is 0.733. The molecule has 0 aromatic carbocycles. The van der Waals surface area contributed by atoms with Crippen LogP contribution in [0.1, 0.15) is 50.9 Å². The highest BCUT2D eigenvalue weighted by Gasteiger charge is 2.31. The molecular weight excluding hydrogens is 268 g/mol. The standard InChI is InChI=1S/C15H26N4O2/c1-15(2,3)13(16)14(21)18-11-5-4-6-12-10(11)9-17-19(12)7-8-20/h9,11,13,20H,4-8,16H2,1-3H3,(H,18,21)/t11?,13-/m0/s1. The Morgan fingerprint density at radius 3 is 2.95 bits per heavy atom. The first kappa shape index (κ1) is 16.0. The summed E-state index contributed by atoms with van der Waals surface area (Å²) in [7, 11) is 0. The second-order valence-electron chi connectivity index (χ2n) is 6.79. The zero-order valence-corrected chi connectivity index (χ0v) is 13.1. The zero-order chi connectivity index (χ0) is 15.6. The Hall–Kier alpha value is -1.40. The molecule has 118 valence electrons. The molecule has 1 aromatic heterocycles. The number of nitrogens with two attached hydrogens (primary N) is 1. The van der Waals surface area contributed by atoms with Crippen LogP contribution in [0.3, 0.4) is 0 Å². The molecule has 6 heteroatoms. The summed E-state index contributed by atoms with van der Waals surface area (Å²) in [6.07, 6.45) is 4.64. The fourth-order valence-corrected chi connectivity index (χ4v) is 2.71. The second-order valence-corrected chi connectivity index (χ2v) is 6.79. The monoisotopic (exact) mass is 294 g/mol. The number of carbonyl (C=O) groups is 1. The maximum atomic E-state index is 12.3. The van der Waals surface area contributed by atoms with Gasteiger partial charge >= 0.3 is 0 Å². The van der Waals surface area contributed by atoms with E-state index in [9.17, 15) is 4.79 Å². The molecular formula is C15H26N4O2. The summed E-state index contributed by atoms with van der Waals surface area (Å²) in [5.41, 5.74) is 7.93. The first-order valence-corrected chi connectivity index (χ1v) is 7.56. The number of hydrogen-bond acceptors (Lipinski definition) is 4. The summed E-state index contributed by atoms with van der Waals surface area (Å²) in [6.45, 7) is 6.45. The van der Waals surface area contributed by atoms with E-state index in [4.69, 9.17) is 10.8 Å². The van der Waals surface area contributed by atoms with Crippen molar-refractivity contribution in [3.05, 3.63) is 17.5 Å². The minimum atomic E-state index is -0.532. The van der Waals surface area contributed by atoms with Crippen LogP contribution in [-0.4, -0.2) is 33.4 Å². The van der Waals surface area contributed by atoms with E-state index in [1.807, 2.05) is 25.5 Å². The fourth-order valence-electron chi connectivity index (χ4n) is 2.71. The van der Waals surface area contributed by atoms with E-state index in [1.165, 1.54) is 0 Å². The molecule has 4 N–H and O–H groups in total. The Labute approximate surface area is 125 Å². The van der Waals surface area contributed by atoms with Crippen molar-refractivity contribution >= 4 is 5.91 Å². The van der Waals surface area contributed by atoms with E-state index < -0.39 is 6.04 Å². The Morgan fingerprint density at radius 2 is 2.33 bits per heavy atom. The molecule has 1 amide bonds. The molecule has 2 rings (SSSR count). The van der Waals surface area contributed by atoms with Crippen molar-refractivity contribution in [3.8, 4) is 0 Å². The van der Waals surface area contributed by atoms with Crippen LogP contribution in [0.2, 0.25) is 0 Å². The van der Waals surface area contributed by atoms with E-state index in [-0.39, 0.29) is 24.0 Å². The van der Waals surface area contributed by atoms with E-state index in [0.29, 0.717) is 6.54 Å². The number of aromatic nitrogens is 2. The summed E-state index contributed by atoms with van der Waals surface area (Å²) in [4.78, 5) is 12.3. The van der Waals surface area contributed by atoms with Crippen molar-refractivity contribution in [1.82, 2.24) is 15.1 Å². The molecule has 2 atom stereocenters. The number of amides is 1. The average molecular weight is 294 g/mol. The van der Waals surface area contributed by atoms with Crippen LogP contribution >= 0.6 is 0 Å². The molecule has 0 spiro atoms. The minimum absolute atomic E-state index is 0.0258. The lowest BCUT2D eigenvalue weighted by Crippen LogP contribution is -2.49. The SMILES string of the molecule is CC(C)(C)[C@@H](N)C(=O)NC1CCCc2c1cnn2CCO. The summed E-state index contributed by atoms with van der Waals surface area (Å²) in [5, 5.41) is 16.4. The average Bonchev–Trinajstić information content (AvgIpc) is 2.82. The lowest BCUT2D eigenvalue weighted by molar-refractivity contribution is -0.125. The van der Waals surface area contributed by atoms with Crippen LogP contribution in [0.25, 0.3) is 0 Å². The van der Waals surface area contributed by atoms with Gasteiger partial charge in [-0.3, -0.25) is 9.48 Å². The van der Waals surface area contributed by atoms with Crippen LogP contribution in [-0.2, 0) is 17.8 Å². The van der Waals surface area contributed by atoms with Crippen LogP contribution in [0.4, 0.5) is 0 Å². The van der Waals surface area contributed by atoms with Gasteiger partial charge in [0.1, 0.15) is 0 Å². The third kappa shape index (κ3) is 3.44. The van der Waals surface area contributed by atoms with Crippen molar-refractivity contribution in [3.63, 3.8) is 0 Å². The van der Waals surface area contributed by atoms with E-state index in [0.717, 1.165) is 30.5 Å². The maximum Gasteiger partial charge on any atom is 0.237 e. The van der Waals surface area contributed by atoms with Crippen molar-refractivity contribution in [1.29, 1.82) is 0 Å². The van der Waals surface area contributed by atoms with Gasteiger partial charge in [-0.25, -0.2) is 0 Å². The van der Waals surface area contributed by atoms with Gasteiger partial charge < -0.3 is 16.2 Å². The molecule has 0 fully saturated rings. The van der Waals surface area contributed by atoms with Crippen molar-refractivity contribution in [2.45, 2.75) is 58.7 Å². The maximum absolute atomic E-state index is 12.3. The number of carbonyl (C=O) groups excluding carboxylic acids is 1. The highest BCUT2D eigenvalue weighted by Crippen LogP contribution is 2.30. The normalized spacial score (nSPS) is 20.0. The molecule has 0 saturated heterocycles. The molecule has 1 unspecified atom stereocenters. The van der Waals surface area contributed by atoms with Gasteiger partial charge in [0.2, 0.25) is 5.91 Å². The highest BCUT2D eigenvalue weighted by atomic mass is 16.3. The second kappa shape index (κ2) is 6.15. The number of nitrogens with one attached hydrogen (secondary N) is 1. The first-order valence-electron chi connectivity index (χ1n) is 7.56. The zero-order valence-electron chi connectivity index (χ0n) is 13.1. The van der Waals surface area contributed by atoms with Gasteiger partial charge in [-0.15, -0.1) is 0 Å². The van der Waals surface area contributed by atoms with E-state index in [1.54, 1.807) is 6.20 Å². The first-order chi connectivity index (χ1) is 9.84. The summed E-state index contributed by atoms with van der Waals surface area (Å²) in [6, 6.07) is -0.558. The van der Waals surface area contributed by atoms with Gasteiger partial charge in [-0.2, -0.15) is 5.10 Å². The Morgan fingerprint density at radius 1 is 1.62 bits per heavy atom. The Balaban J connectivity index is 2.12. The van der Waals surface area contributed by atoms with Gasteiger partial charge in [-0.05, 0) is 24.7 Å². The molecule has 1 aliphatic rings. The van der Waals surface area contributed by atoms with E-state index >= 15 is 0 Å². The number of nitrogens with zero attached hydrogens (tertiary/aromatic N) is 2. The van der Waals surface area contributed by atoms with Crippen molar-refractivity contribution in [2.75, 3.05) is 6.61 Å². The van der Waals surface area contributed by atoms with Gasteiger partial charge in [0.05, 0.1) is 31.4 Å². The smallest absolute Gasteiger partial charge is 0.237 e. The summed E-state index contributed by atoms with van der Waals surface area (Å²) in [5.74, 6) is -0.116. The quantitative estimate of drug-likeness (QED) is 0.763. The number of aliphatic hydroxyl groups excluding tert-OH is 1. The Bertz CT molecular complexity index is 504. The van der Waals surface area contributed by atoms with Crippen LogP contribution in [0, 0.1) is 5.41 Å². The molecule has 6 nitrogen and oxygen atoms in total. The molecule has 21 heavy (non-hydrogen) atoms. The summed E-state index contributed by atoms with van der Waals surface area (Å²) >= 11 is 0. The largest absolute Gasteiger partial charge is 0.394 e. The topological polar surface area (TPSA) is 93.2 Å². The number of aliphatic hydroxyl groups is 1. The summed E-state index contributed by atoms with van der Waals surface area (Å²) < 4.78 is 1.83. The molecule has 0 aliphatic heterocycles. The molecule has 0 radical (unpaired) electrons. The van der Waals surface area contributed by atoms with Crippen molar-refractivity contribution in [2.24, 2.45) is 11.1 Å². The third-order valence-electron chi connectivity index (χ3n) is 4.11. The number of rotatable bonds is 4. The molecule has 1 aliphatic carbocycles. The van der Waals surface area contributed by atoms with Gasteiger partial charge in [0.25, 0.3) is 0 Å². The highest BCUT2D eigenvalue weighted by molar-refractivity contribution is 5.82. The van der Waals surface area contributed by atoms with Gasteiger partial charge in [-0.1, -0.05) is 20.8 Å². The molecule has 0 bridgehead atoms. The van der Waals surface area contributed by atoms with Crippen molar-refractivity contribution < 1.29 is 9.90 Å². The van der Waals surface area contributed by atoms with Crippen LogP contribution in [0.15, 0.2) is 6.20 Å². The number of fused-ring (bicyclic) bond motifs is 1. The van der Waals surface area contributed by atoms with Crippen LogP contribution < -0.4 is 11.1 Å². The van der Waals surface area contributed by atoms with Crippen LogP contribution in [0.5, 0.6) is 0 Å². The number of hydrogen-bond donors (Lipinski definition) is 3. The van der Waals surface area contributed by atoms with Gasteiger partial charge in [0, 0.05) is 11.3 Å². The predicted molar refractivity (Wildman–Crippen MR) is 80.6 cm³/mol. The molecule has 0 saturated carbocycles. The predicted octanol–water partition coefficient (Wildman–Crippen LogP) is 0.742. The lowest BCUT2D eigenvalue weighted by Gasteiger charge is -2.30. The van der Waals surface area contributed by atoms with Gasteiger partial charge in [0.15, 0.2) is 0 Å². The molecule has 1 aromatic rings.